The first kappa shape index (κ1) is 23.3. The van der Waals surface area contributed by atoms with E-state index in [1.165, 1.54) is 0 Å². The van der Waals surface area contributed by atoms with Crippen LogP contribution in [0.5, 0.6) is 11.5 Å². The van der Waals surface area contributed by atoms with Crippen LogP contribution in [0.15, 0.2) is 59.3 Å². The van der Waals surface area contributed by atoms with E-state index in [1.54, 1.807) is 43.0 Å². The van der Waals surface area contributed by atoms with Gasteiger partial charge in [0.15, 0.2) is 11.5 Å². The number of piperazine rings is 1. The average molecular weight is 493 g/mol. The Morgan fingerprint density at radius 2 is 1.80 bits per heavy atom. The fraction of sp³-hybridized carbons (Fsp3) is 0.360. The molecule has 0 aliphatic carbocycles. The van der Waals surface area contributed by atoms with E-state index < -0.39 is 0 Å². The van der Waals surface area contributed by atoms with Crippen LogP contribution in [-0.2, 0) is 4.79 Å². The highest BCUT2D eigenvalue weighted by Gasteiger charge is 2.35. The third kappa shape index (κ3) is 4.98. The minimum Gasteiger partial charge on any atom is -0.493 e. The van der Waals surface area contributed by atoms with Crippen molar-refractivity contribution in [2.45, 2.75) is 12.5 Å². The Labute approximate surface area is 208 Å². The van der Waals surface area contributed by atoms with Crippen molar-refractivity contribution in [3.05, 3.63) is 64.6 Å². The van der Waals surface area contributed by atoms with Crippen molar-refractivity contribution in [1.82, 2.24) is 19.9 Å². The Balaban J connectivity index is 1.32. The molecule has 0 N–H and O–H groups in total. The molecule has 2 aromatic heterocycles. The molecular weight excluding hydrogens is 464 g/mol. The smallest absolute Gasteiger partial charge is 0.257 e. The van der Waals surface area contributed by atoms with Gasteiger partial charge in [-0.3, -0.25) is 9.69 Å². The van der Waals surface area contributed by atoms with Crippen LogP contribution < -0.4 is 14.4 Å². The van der Waals surface area contributed by atoms with Crippen LogP contribution in [0.25, 0.3) is 0 Å². The van der Waals surface area contributed by atoms with Gasteiger partial charge in [-0.05, 0) is 35.2 Å². The van der Waals surface area contributed by atoms with E-state index in [2.05, 4.69) is 19.8 Å². The summed E-state index contributed by atoms with van der Waals surface area (Å²) < 4.78 is 10.9. The van der Waals surface area contributed by atoms with Crippen LogP contribution in [-0.4, -0.2) is 78.4 Å². The zero-order valence-electron chi connectivity index (χ0n) is 19.8. The van der Waals surface area contributed by atoms with Gasteiger partial charge >= 0.3 is 0 Å². The van der Waals surface area contributed by atoms with Gasteiger partial charge in [0, 0.05) is 45.0 Å². The Morgan fingerprint density at radius 3 is 2.49 bits per heavy atom. The summed E-state index contributed by atoms with van der Waals surface area (Å²) in [6, 6.07) is 11.5. The van der Waals surface area contributed by atoms with Crippen LogP contribution in [0.1, 0.15) is 22.9 Å². The first-order valence-corrected chi connectivity index (χ1v) is 12.4. The lowest BCUT2D eigenvalue weighted by molar-refractivity contribution is -0.134. The highest BCUT2D eigenvalue weighted by atomic mass is 32.1. The van der Waals surface area contributed by atoms with Crippen molar-refractivity contribution in [2.75, 3.05) is 51.8 Å². The topological polar surface area (TPSA) is 83.4 Å². The third-order valence-electron chi connectivity index (χ3n) is 6.33. The number of hydrogen-bond donors (Lipinski definition) is 0. The molecular formula is C25H28N6O3S. The highest BCUT2D eigenvalue weighted by molar-refractivity contribution is 7.12. The Kier molecular flexibility index (Phi) is 6.91. The molecule has 0 radical (unpaired) electrons. The lowest BCUT2D eigenvalue weighted by Crippen LogP contribution is -2.50. The van der Waals surface area contributed by atoms with Gasteiger partial charge in [0.1, 0.15) is 0 Å². The maximum absolute atomic E-state index is 13.5. The third-order valence-corrected chi connectivity index (χ3v) is 7.25. The van der Waals surface area contributed by atoms with Crippen molar-refractivity contribution in [3.8, 4) is 11.5 Å². The van der Waals surface area contributed by atoms with E-state index in [1.807, 2.05) is 41.8 Å². The SMILES string of the molecule is COc1ccc([C@H]2CC(c3cccs3)=NN2C(=O)CN2CCN(c3ncccn3)CC2)cc1OC. The zero-order valence-corrected chi connectivity index (χ0v) is 20.6. The molecule has 0 bridgehead atoms. The van der Waals surface area contributed by atoms with Gasteiger partial charge in [-0.25, -0.2) is 15.0 Å². The minimum absolute atomic E-state index is 0.0132. The number of ether oxygens (including phenoxy) is 2. The summed E-state index contributed by atoms with van der Waals surface area (Å²) in [6.07, 6.45) is 4.16. The van der Waals surface area contributed by atoms with Crippen molar-refractivity contribution < 1.29 is 14.3 Å². The maximum atomic E-state index is 13.5. The van der Waals surface area contributed by atoms with E-state index in [4.69, 9.17) is 14.6 Å². The van der Waals surface area contributed by atoms with Gasteiger partial charge in [0.25, 0.3) is 5.91 Å². The molecule has 1 atom stereocenters. The van der Waals surface area contributed by atoms with Crippen LogP contribution >= 0.6 is 11.3 Å². The van der Waals surface area contributed by atoms with Crippen molar-refractivity contribution in [1.29, 1.82) is 0 Å². The Bertz CT molecular complexity index is 1180. The quantitative estimate of drug-likeness (QED) is 0.501. The number of aromatic nitrogens is 2. The molecule has 10 heteroatoms. The van der Waals surface area contributed by atoms with E-state index in [0.717, 1.165) is 48.3 Å². The summed E-state index contributed by atoms with van der Waals surface area (Å²) in [5.74, 6) is 2.02. The van der Waals surface area contributed by atoms with E-state index in [-0.39, 0.29) is 11.9 Å². The van der Waals surface area contributed by atoms with Crippen LogP contribution in [0.4, 0.5) is 5.95 Å². The molecule has 2 aliphatic rings. The summed E-state index contributed by atoms with van der Waals surface area (Å²) in [5.41, 5.74) is 1.90. The fourth-order valence-corrected chi connectivity index (χ4v) is 5.20. The number of amides is 1. The number of carbonyl (C=O) groups is 1. The molecule has 1 saturated heterocycles. The predicted octanol–water partition coefficient (Wildman–Crippen LogP) is 3.06. The predicted molar refractivity (Wildman–Crippen MR) is 135 cm³/mol. The molecule has 1 aromatic carbocycles. The van der Waals surface area contributed by atoms with Gasteiger partial charge in [0.2, 0.25) is 5.95 Å². The average Bonchev–Trinajstić information content (AvgIpc) is 3.60. The van der Waals surface area contributed by atoms with Crippen LogP contribution in [0, 0.1) is 0 Å². The molecule has 5 rings (SSSR count). The Hall–Kier alpha value is -3.50. The molecule has 3 aromatic rings. The second-order valence-electron chi connectivity index (χ2n) is 8.41. The number of nitrogens with zero attached hydrogens (tertiary/aromatic N) is 6. The molecule has 9 nitrogen and oxygen atoms in total. The van der Waals surface area contributed by atoms with Gasteiger partial charge < -0.3 is 14.4 Å². The Morgan fingerprint density at radius 1 is 1.03 bits per heavy atom. The van der Waals surface area contributed by atoms with Gasteiger partial charge in [-0.2, -0.15) is 5.10 Å². The first-order chi connectivity index (χ1) is 17.2. The number of hydrazone groups is 1. The van der Waals surface area contributed by atoms with Crippen LogP contribution in [0.2, 0.25) is 0 Å². The molecule has 1 fully saturated rings. The minimum atomic E-state index is -0.196. The number of rotatable bonds is 7. The van der Waals surface area contributed by atoms with Crippen molar-refractivity contribution in [2.24, 2.45) is 5.10 Å². The number of hydrogen-bond acceptors (Lipinski definition) is 9. The molecule has 35 heavy (non-hydrogen) atoms. The van der Waals surface area contributed by atoms with Gasteiger partial charge in [-0.1, -0.05) is 12.1 Å². The number of carbonyl (C=O) groups excluding carboxylic acids is 1. The van der Waals surface area contributed by atoms with E-state index >= 15 is 0 Å². The number of methoxy groups -OCH3 is 2. The van der Waals surface area contributed by atoms with Crippen molar-refractivity contribution in [3.63, 3.8) is 0 Å². The molecule has 0 unspecified atom stereocenters. The summed E-state index contributed by atoms with van der Waals surface area (Å²) in [7, 11) is 3.23. The number of thiophene rings is 1. The summed E-state index contributed by atoms with van der Waals surface area (Å²) in [5, 5.41) is 8.48. The second kappa shape index (κ2) is 10.4. The van der Waals surface area contributed by atoms with Gasteiger partial charge in [-0.15, -0.1) is 11.3 Å². The summed E-state index contributed by atoms with van der Waals surface area (Å²) in [4.78, 5) is 27.6. The first-order valence-electron chi connectivity index (χ1n) is 11.6. The molecule has 0 saturated carbocycles. The fourth-order valence-electron chi connectivity index (χ4n) is 4.48. The standard InChI is InChI=1S/C25H28N6O3S/c1-33-21-7-6-18(15-22(21)34-2)20-16-19(23-5-3-14-35-23)28-31(20)24(32)17-29-10-12-30(13-11-29)25-26-8-4-9-27-25/h3-9,14-15,20H,10-13,16-17H2,1-2H3/t20-/m1/s1. The van der Waals surface area contributed by atoms with Gasteiger partial charge in [0.05, 0.1) is 37.4 Å². The molecule has 4 heterocycles. The second-order valence-corrected chi connectivity index (χ2v) is 9.36. The lowest BCUT2D eigenvalue weighted by Gasteiger charge is -2.35. The molecule has 182 valence electrons. The van der Waals surface area contributed by atoms with E-state index in [0.29, 0.717) is 24.5 Å². The summed E-state index contributed by atoms with van der Waals surface area (Å²) in [6.45, 7) is 3.40. The molecule has 2 aliphatic heterocycles. The van der Waals surface area contributed by atoms with Crippen molar-refractivity contribution >= 4 is 28.9 Å². The normalized spacial score (nSPS) is 18.5. The van der Waals surface area contributed by atoms with E-state index in [9.17, 15) is 4.79 Å². The summed E-state index contributed by atoms with van der Waals surface area (Å²) >= 11 is 1.64. The largest absolute Gasteiger partial charge is 0.493 e. The molecule has 0 spiro atoms. The molecule has 1 amide bonds. The highest BCUT2D eigenvalue weighted by Crippen LogP contribution is 2.38. The van der Waals surface area contributed by atoms with Crippen LogP contribution in [0.3, 0.4) is 0 Å². The monoisotopic (exact) mass is 492 g/mol. The zero-order chi connectivity index (χ0) is 24.2. The number of benzene rings is 1. The lowest BCUT2D eigenvalue weighted by atomic mass is 10.0. The maximum Gasteiger partial charge on any atom is 0.257 e. The number of anilines is 1.